The van der Waals surface area contributed by atoms with Crippen LogP contribution in [0.5, 0.6) is 0 Å². The average molecular weight is 571 g/mol. The maximum Gasteiger partial charge on any atom is 0.243 e. The molecule has 37 heavy (non-hydrogen) atoms. The highest BCUT2D eigenvalue weighted by atomic mass is 35.5. The summed E-state index contributed by atoms with van der Waals surface area (Å²) in [5, 5.41) is 3.66. The summed E-state index contributed by atoms with van der Waals surface area (Å²) >= 11 is 12.2. The Bertz CT molecular complexity index is 1220. The van der Waals surface area contributed by atoms with Gasteiger partial charge in [-0.15, -0.1) is 0 Å². The van der Waals surface area contributed by atoms with E-state index in [-0.39, 0.29) is 37.4 Å². The quantitative estimate of drug-likeness (QED) is 0.366. The Balaban J connectivity index is 2.26. The van der Waals surface area contributed by atoms with Gasteiger partial charge in [-0.25, -0.2) is 8.42 Å². The molecular weight excluding hydrogens is 533 g/mol. The van der Waals surface area contributed by atoms with E-state index in [9.17, 15) is 18.0 Å². The zero-order valence-corrected chi connectivity index (χ0v) is 24.7. The van der Waals surface area contributed by atoms with Crippen LogP contribution in [0.2, 0.25) is 10.0 Å². The van der Waals surface area contributed by atoms with E-state index in [2.05, 4.69) is 5.32 Å². The highest BCUT2D eigenvalue weighted by Gasteiger charge is 2.29. The van der Waals surface area contributed by atoms with Gasteiger partial charge in [0.15, 0.2) is 0 Å². The first kappa shape index (κ1) is 30.9. The number of amides is 2. The molecule has 0 aliphatic heterocycles. The molecule has 0 radical (unpaired) electrons. The lowest BCUT2D eigenvalue weighted by molar-refractivity contribution is -0.141. The van der Waals surface area contributed by atoms with Crippen LogP contribution in [0.3, 0.4) is 0 Å². The monoisotopic (exact) mass is 569 g/mol. The summed E-state index contributed by atoms with van der Waals surface area (Å²) in [5.74, 6) is -0.482. The maximum absolute atomic E-state index is 13.5. The topological polar surface area (TPSA) is 86.8 Å². The molecule has 10 heteroatoms. The molecule has 2 aromatic carbocycles. The predicted octanol–water partition coefficient (Wildman–Crippen LogP) is 5.49. The van der Waals surface area contributed by atoms with E-state index in [0.29, 0.717) is 28.6 Å². The fraction of sp³-hybridized carbons (Fsp3) is 0.481. The zero-order valence-electron chi connectivity index (χ0n) is 22.3. The zero-order chi connectivity index (χ0) is 27.9. The van der Waals surface area contributed by atoms with Gasteiger partial charge in [-0.1, -0.05) is 42.3 Å². The molecule has 1 N–H and O–H groups in total. The number of nitrogens with zero attached hydrogens (tertiary/aromatic N) is 2. The number of halogens is 2. The van der Waals surface area contributed by atoms with Gasteiger partial charge in [0.2, 0.25) is 21.8 Å². The third kappa shape index (κ3) is 8.90. The van der Waals surface area contributed by atoms with E-state index in [4.69, 9.17) is 23.2 Å². The van der Waals surface area contributed by atoms with Gasteiger partial charge in [0, 0.05) is 25.6 Å². The van der Waals surface area contributed by atoms with Crippen molar-refractivity contribution in [2.75, 3.05) is 17.1 Å². The van der Waals surface area contributed by atoms with Crippen molar-refractivity contribution in [1.29, 1.82) is 0 Å². The summed E-state index contributed by atoms with van der Waals surface area (Å²) in [6.07, 6.45) is 1.94. The number of rotatable bonds is 12. The Hall–Kier alpha value is -2.29. The van der Waals surface area contributed by atoms with Crippen molar-refractivity contribution < 1.29 is 18.0 Å². The second-order valence-electron chi connectivity index (χ2n) is 9.56. The number of hydrogen-bond donors (Lipinski definition) is 1. The van der Waals surface area contributed by atoms with Gasteiger partial charge in [-0.05, 0) is 81.5 Å². The SMILES string of the molecule is CC[C@H](C(=O)NC(C)C)N(Cc1ccc(Cl)c(Cl)c1)C(=O)CCCN(c1ccc(C)c(C)c1)S(C)(=O)=O. The molecule has 0 spiro atoms. The highest BCUT2D eigenvalue weighted by Crippen LogP contribution is 2.25. The van der Waals surface area contributed by atoms with Gasteiger partial charge in [0.25, 0.3) is 0 Å². The van der Waals surface area contributed by atoms with Gasteiger partial charge in [0.1, 0.15) is 6.04 Å². The summed E-state index contributed by atoms with van der Waals surface area (Å²) in [5.41, 5.74) is 3.35. The van der Waals surface area contributed by atoms with Crippen LogP contribution in [0.4, 0.5) is 5.69 Å². The number of nitrogens with one attached hydrogen (secondary N) is 1. The van der Waals surface area contributed by atoms with Crippen molar-refractivity contribution >= 4 is 50.7 Å². The molecule has 0 unspecified atom stereocenters. The maximum atomic E-state index is 13.5. The molecule has 1 atom stereocenters. The first-order valence-corrected chi connectivity index (χ1v) is 14.9. The number of carbonyl (C=O) groups excluding carboxylic acids is 2. The molecule has 204 valence electrons. The van der Waals surface area contributed by atoms with E-state index in [0.717, 1.165) is 22.9 Å². The molecule has 0 heterocycles. The number of sulfonamides is 1. The van der Waals surface area contributed by atoms with Crippen LogP contribution in [-0.2, 0) is 26.2 Å². The molecule has 0 aliphatic carbocycles. The summed E-state index contributed by atoms with van der Waals surface area (Å²) in [4.78, 5) is 28.0. The Morgan fingerprint density at radius 3 is 2.22 bits per heavy atom. The Labute approximate surface area is 231 Å². The predicted molar refractivity (Wildman–Crippen MR) is 152 cm³/mol. The lowest BCUT2D eigenvalue weighted by Gasteiger charge is -2.31. The smallest absolute Gasteiger partial charge is 0.243 e. The van der Waals surface area contributed by atoms with Crippen LogP contribution in [-0.4, -0.2) is 50.0 Å². The molecule has 0 aromatic heterocycles. The lowest BCUT2D eigenvalue weighted by atomic mass is 10.1. The second kappa shape index (κ2) is 13.5. The summed E-state index contributed by atoms with van der Waals surface area (Å²) < 4.78 is 26.4. The van der Waals surface area contributed by atoms with Gasteiger partial charge in [-0.2, -0.15) is 0 Å². The molecule has 2 rings (SSSR count). The molecule has 2 amide bonds. The minimum Gasteiger partial charge on any atom is -0.352 e. The molecule has 0 aliphatic rings. The van der Waals surface area contributed by atoms with Crippen molar-refractivity contribution in [3.8, 4) is 0 Å². The van der Waals surface area contributed by atoms with E-state index in [1.54, 1.807) is 24.3 Å². The van der Waals surface area contributed by atoms with Crippen LogP contribution < -0.4 is 9.62 Å². The summed E-state index contributed by atoms with van der Waals surface area (Å²) in [6, 6.07) is 9.83. The fourth-order valence-electron chi connectivity index (χ4n) is 4.02. The van der Waals surface area contributed by atoms with Crippen molar-refractivity contribution in [2.45, 2.75) is 72.5 Å². The molecule has 0 fully saturated rings. The summed E-state index contributed by atoms with van der Waals surface area (Å²) in [7, 11) is -3.55. The molecular formula is C27H37Cl2N3O4S. The minimum absolute atomic E-state index is 0.0731. The Kier molecular flexibility index (Phi) is 11.3. The highest BCUT2D eigenvalue weighted by molar-refractivity contribution is 7.92. The second-order valence-corrected chi connectivity index (χ2v) is 12.3. The molecule has 2 aromatic rings. The molecule has 0 saturated heterocycles. The number of benzene rings is 2. The van der Waals surface area contributed by atoms with E-state index in [1.807, 2.05) is 46.8 Å². The normalized spacial score (nSPS) is 12.4. The standard InChI is InChI=1S/C27H37Cl2N3O4S/c1-7-25(27(34)30-18(2)3)31(17-21-11-13-23(28)24(29)16-21)26(33)9-8-14-32(37(6,35)36)22-12-10-19(4)20(5)15-22/h10-13,15-16,18,25H,7-9,14,17H2,1-6H3,(H,30,34)/t25-/m1/s1. The van der Waals surface area contributed by atoms with Crippen molar-refractivity contribution in [1.82, 2.24) is 10.2 Å². The van der Waals surface area contributed by atoms with Crippen molar-refractivity contribution in [3.05, 3.63) is 63.1 Å². The van der Waals surface area contributed by atoms with Crippen molar-refractivity contribution in [3.63, 3.8) is 0 Å². The lowest BCUT2D eigenvalue weighted by Crippen LogP contribution is -2.50. The Morgan fingerprint density at radius 2 is 1.68 bits per heavy atom. The van der Waals surface area contributed by atoms with Crippen LogP contribution >= 0.6 is 23.2 Å². The molecule has 0 bridgehead atoms. The van der Waals surface area contributed by atoms with E-state index in [1.165, 1.54) is 9.21 Å². The van der Waals surface area contributed by atoms with Gasteiger partial charge in [-0.3, -0.25) is 13.9 Å². The number of anilines is 1. The molecule has 0 saturated carbocycles. The third-order valence-electron chi connectivity index (χ3n) is 6.08. The van der Waals surface area contributed by atoms with E-state index >= 15 is 0 Å². The van der Waals surface area contributed by atoms with Gasteiger partial charge < -0.3 is 10.2 Å². The van der Waals surface area contributed by atoms with Crippen LogP contribution in [0.1, 0.15) is 56.7 Å². The molecule has 7 nitrogen and oxygen atoms in total. The average Bonchev–Trinajstić information content (AvgIpc) is 2.79. The minimum atomic E-state index is -3.55. The largest absolute Gasteiger partial charge is 0.352 e. The van der Waals surface area contributed by atoms with Crippen LogP contribution in [0, 0.1) is 13.8 Å². The first-order valence-electron chi connectivity index (χ1n) is 12.3. The van der Waals surface area contributed by atoms with Gasteiger partial charge >= 0.3 is 0 Å². The van der Waals surface area contributed by atoms with Gasteiger partial charge in [0.05, 0.1) is 22.0 Å². The Morgan fingerprint density at radius 1 is 1.00 bits per heavy atom. The fourth-order valence-corrected chi connectivity index (χ4v) is 5.30. The first-order chi connectivity index (χ1) is 17.2. The van der Waals surface area contributed by atoms with E-state index < -0.39 is 16.1 Å². The van der Waals surface area contributed by atoms with Crippen LogP contribution in [0.25, 0.3) is 0 Å². The van der Waals surface area contributed by atoms with Crippen molar-refractivity contribution in [2.24, 2.45) is 0 Å². The third-order valence-corrected chi connectivity index (χ3v) is 8.02. The number of hydrogen-bond acceptors (Lipinski definition) is 4. The van der Waals surface area contributed by atoms with Crippen LogP contribution in [0.15, 0.2) is 36.4 Å². The number of carbonyl (C=O) groups is 2. The number of aryl methyl sites for hydroxylation is 2. The summed E-state index contributed by atoms with van der Waals surface area (Å²) in [6.45, 7) is 9.78.